The third kappa shape index (κ3) is 3.74. The van der Waals surface area contributed by atoms with Gasteiger partial charge in [-0.25, -0.2) is 9.97 Å². The number of aromatic nitrogens is 3. The van der Waals surface area contributed by atoms with Crippen molar-refractivity contribution in [3.8, 4) is 0 Å². The lowest BCUT2D eigenvalue weighted by Crippen LogP contribution is -2.52. The first-order valence-corrected chi connectivity index (χ1v) is 11.1. The molecule has 2 aromatic heterocycles. The Labute approximate surface area is 170 Å². The molecule has 2 aliphatic carbocycles. The third-order valence-electron chi connectivity index (χ3n) is 6.73. The Morgan fingerprint density at radius 2 is 1.83 bits per heavy atom. The second kappa shape index (κ2) is 7.76. The Morgan fingerprint density at radius 3 is 2.55 bits per heavy atom. The molecule has 3 fully saturated rings. The largest absolute Gasteiger partial charge is 0.344 e. The number of amides is 2. The molecule has 3 heterocycles. The van der Waals surface area contributed by atoms with Crippen molar-refractivity contribution in [1.82, 2.24) is 25.2 Å². The van der Waals surface area contributed by atoms with Crippen LogP contribution in [0.5, 0.6) is 0 Å². The van der Waals surface area contributed by atoms with Crippen molar-refractivity contribution in [2.45, 2.75) is 69.7 Å². The smallest absolute Gasteiger partial charge is 0.255 e. The van der Waals surface area contributed by atoms with Gasteiger partial charge >= 0.3 is 0 Å². The van der Waals surface area contributed by atoms with Crippen molar-refractivity contribution in [3.05, 3.63) is 23.7 Å². The highest BCUT2D eigenvalue weighted by molar-refractivity contribution is 6.06. The van der Waals surface area contributed by atoms with Gasteiger partial charge in [-0.05, 0) is 44.4 Å². The molecule has 2 N–H and O–H groups in total. The van der Waals surface area contributed by atoms with Gasteiger partial charge < -0.3 is 15.2 Å². The molecule has 0 bridgehead atoms. The summed E-state index contributed by atoms with van der Waals surface area (Å²) in [6, 6.07) is -0.439. The molecule has 0 aromatic carbocycles. The fourth-order valence-corrected chi connectivity index (χ4v) is 4.86. The number of nitrogens with zero attached hydrogens (tertiary/aromatic N) is 3. The summed E-state index contributed by atoms with van der Waals surface area (Å²) in [5.41, 5.74) is 2.69. The summed E-state index contributed by atoms with van der Waals surface area (Å²) in [6.45, 7) is 1.61. The van der Waals surface area contributed by atoms with E-state index in [0.717, 1.165) is 70.2 Å². The SMILES string of the molecule is O=C(NC(C(=O)N1CCCC1)C1CCCCC1)c1c[nH]c2ncc(C3CC3)nc12. The number of H-pyrrole nitrogens is 1. The lowest BCUT2D eigenvalue weighted by atomic mass is 9.83. The van der Waals surface area contributed by atoms with E-state index in [1.165, 1.54) is 6.42 Å². The fourth-order valence-electron chi connectivity index (χ4n) is 4.86. The first-order chi connectivity index (χ1) is 14.2. The molecule has 0 radical (unpaired) electrons. The van der Waals surface area contributed by atoms with Crippen LogP contribution in [0, 0.1) is 5.92 Å². The van der Waals surface area contributed by atoms with Gasteiger partial charge in [0, 0.05) is 25.2 Å². The second-order valence-electron chi connectivity index (χ2n) is 8.85. The van der Waals surface area contributed by atoms with E-state index in [1.807, 2.05) is 4.90 Å². The monoisotopic (exact) mass is 395 g/mol. The molecule has 7 heteroatoms. The van der Waals surface area contributed by atoms with Crippen LogP contribution in [-0.2, 0) is 4.79 Å². The van der Waals surface area contributed by atoms with Crippen LogP contribution >= 0.6 is 0 Å². The Bertz CT molecular complexity index is 907. The number of hydrogen-bond donors (Lipinski definition) is 2. The predicted molar refractivity (Wildman–Crippen MR) is 110 cm³/mol. The molecule has 29 heavy (non-hydrogen) atoms. The van der Waals surface area contributed by atoms with Gasteiger partial charge in [0.05, 0.1) is 17.5 Å². The Balaban J connectivity index is 1.40. The topological polar surface area (TPSA) is 91.0 Å². The van der Waals surface area contributed by atoms with Crippen molar-refractivity contribution >= 4 is 23.0 Å². The molecule has 2 amide bonds. The number of likely N-dealkylation sites (tertiary alicyclic amines) is 1. The molecule has 3 aliphatic rings. The molecular formula is C22H29N5O2. The van der Waals surface area contributed by atoms with E-state index in [9.17, 15) is 9.59 Å². The predicted octanol–water partition coefficient (Wildman–Crippen LogP) is 3.14. The molecular weight excluding hydrogens is 366 g/mol. The van der Waals surface area contributed by atoms with Crippen molar-refractivity contribution in [2.24, 2.45) is 5.92 Å². The number of carbonyl (C=O) groups excluding carboxylic acids is 2. The normalized spacial score (nSPS) is 21.4. The standard InChI is InChI=1S/C22H29N5O2/c28-21(16-12-23-20-19(16)25-17(13-24-20)14-8-9-14)26-18(15-6-2-1-3-7-15)22(29)27-10-4-5-11-27/h12-15,18H,1-11H2,(H,23,24)(H,26,28). The van der Waals surface area contributed by atoms with E-state index in [0.29, 0.717) is 22.6 Å². The Morgan fingerprint density at radius 1 is 1.07 bits per heavy atom. The van der Waals surface area contributed by atoms with Gasteiger partial charge in [-0.1, -0.05) is 19.3 Å². The number of nitrogens with one attached hydrogen (secondary N) is 2. The maximum absolute atomic E-state index is 13.2. The molecule has 1 aliphatic heterocycles. The minimum atomic E-state index is -0.439. The third-order valence-corrected chi connectivity index (χ3v) is 6.73. The summed E-state index contributed by atoms with van der Waals surface area (Å²) in [5, 5.41) is 3.10. The minimum absolute atomic E-state index is 0.0901. The summed E-state index contributed by atoms with van der Waals surface area (Å²) in [7, 11) is 0. The molecule has 5 rings (SSSR count). The van der Waals surface area contributed by atoms with Crippen LogP contribution in [0.2, 0.25) is 0 Å². The van der Waals surface area contributed by atoms with E-state index < -0.39 is 6.04 Å². The van der Waals surface area contributed by atoms with Crippen LogP contribution in [0.15, 0.2) is 12.4 Å². The molecule has 1 atom stereocenters. The number of carbonyl (C=O) groups is 2. The van der Waals surface area contributed by atoms with Crippen LogP contribution < -0.4 is 5.32 Å². The van der Waals surface area contributed by atoms with E-state index >= 15 is 0 Å². The molecule has 0 spiro atoms. The Kier molecular flexibility index (Phi) is 4.97. The summed E-state index contributed by atoms with van der Waals surface area (Å²) in [4.78, 5) is 40.6. The summed E-state index contributed by atoms with van der Waals surface area (Å²) in [5.74, 6) is 0.567. The Hall–Kier alpha value is -2.44. The first-order valence-electron chi connectivity index (χ1n) is 11.1. The van der Waals surface area contributed by atoms with E-state index in [4.69, 9.17) is 4.98 Å². The summed E-state index contributed by atoms with van der Waals surface area (Å²) >= 11 is 0. The lowest BCUT2D eigenvalue weighted by Gasteiger charge is -2.32. The van der Waals surface area contributed by atoms with E-state index in [1.54, 1.807) is 12.4 Å². The zero-order valence-corrected chi connectivity index (χ0v) is 16.8. The van der Waals surface area contributed by atoms with E-state index in [-0.39, 0.29) is 17.7 Å². The van der Waals surface area contributed by atoms with E-state index in [2.05, 4.69) is 15.3 Å². The zero-order valence-electron chi connectivity index (χ0n) is 16.8. The average Bonchev–Trinajstić information content (AvgIpc) is 3.29. The molecule has 1 unspecified atom stereocenters. The van der Waals surface area contributed by atoms with Gasteiger partial charge in [-0.3, -0.25) is 9.59 Å². The number of fused-ring (bicyclic) bond motifs is 1. The van der Waals surface area contributed by atoms with Crippen molar-refractivity contribution < 1.29 is 9.59 Å². The molecule has 2 saturated carbocycles. The molecule has 154 valence electrons. The number of rotatable bonds is 5. The van der Waals surface area contributed by atoms with Crippen LogP contribution in [-0.4, -0.2) is 50.8 Å². The molecule has 7 nitrogen and oxygen atoms in total. The van der Waals surface area contributed by atoms with Crippen molar-refractivity contribution in [1.29, 1.82) is 0 Å². The quantitative estimate of drug-likeness (QED) is 0.814. The van der Waals surface area contributed by atoms with Crippen LogP contribution in [0.4, 0.5) is 0 Å². The molecule has 2 aromatic rings. The van der Waals surface area contributed by atoms with Gasteiger partial charge in [0.1, 0.15) is 11.6 Å². The van der Waals surface area contributed by atoms with Crippen molar-refractivity contribution in [3.63, 3.8) is 0 Å². The van der Waals surface area contributed by atoms with Gasteiger partial charge in [0.25, 0.3) is 5.91 Å². The zero-order chi connectivity index (χ0) is 19.8. The lowest BCUT2D eigenvalue weighted by molar-refractivity contribution is -0.133. The number of hydrogen-bond acceptors (Lipinski definition) is 4. The maximum atomic E-state index is 13.2. The average molecular weight is 396 g/mol. The van der Waals surface area contributed by atoms with Gasteiger partial charge in [-0.2, -0.15) is 0 Å². The highest BCUT2D eigenvalue weighted by Crippen LogP contribution is 2.39. The van der Waals surface area contributed by atoms with Crippen LogP contribution in [0.3, 0.4) is 0 Å². The van der Waals surface area contributed by atoms with Gasteiger partial charge in [0.15, 0.2) is 5.65 Å². The summed E-state index contributed by atoms with van der Waals surface area (Å²) < 4.78 is 0. The maximum Gasteiger partial charge on any atom is 0.255 e. The second-order valence-corrected chi connectivity index (χ2v) is 8.85. The minimum Gasteiger partial charge on any atom is -0.344 e. The first kappa shape index (κ1) is 18.6. The fraction of sp³-hybridized carbons (Fsp3) is 0.636. The highest BCUT2D eigenvalue weighted by Gasteiger charge is 2.35. The highest BCUT2D eigenvalue weighted by atomic mass is 16.2. The van der Waals surface area contributed by atoms with Gasteiger partial charge in [0.2, 0.25) is 5.91 Å². The van der Waals surface area contributed by atoms with Crippen molar-refractivity contribution in [2.75, 3.05) is 13.1 Å². The number of aromatic amines is 1. The summed E-state index contributed by atoms with van der Waals surface area (Å²) in [6.07, 6.45) is 13.4. The molecule has 1 saturated heterocycles. The van der Waals surface area contributed by atoms with Crippen LogP contribution in [0.1, 0.15) is 79.8 Å². The van der Waals surface area contributed by atoms with Crippen LogP contribution in [0.25, 0.3) is 11.2 Å². The van der Waals surface area contributed by atoms with Gasteiger partial charge in [-0.15, -0.1) is 0 Å².